The average molecular weight is 265 g/mol. The topological polar surface area (TPSA) is 32.7 Å². The van der Waals surface area contributed by atoms with Crippen molar-refractivity contribution in [1.29, 1.82) is 0 Å². The van der Waals surface area contributed by atoms with Crippen molar-refractivity contribution in [3.63, 3.8) is 0 Å². The van der Waals surface area contributed by atoms with Gasteiger partial charge in [-0.15, -0.1) is 0 Å². The van der Waals surface area contributed by atoms with Crippen molar-refractivity contribution in [2.75, 3.05) is 20.8 Å². The van der Waals surface area contributed by atoms with Gasteiger partial charge in [-0.3, -0.25) is 4.90 Å². The summed E-state index contributed by atoms with van der Waals surface area (Å²) in [6.07, 6.45) is 0.775. The molecule has 0 aromatic heterocycles. The number of aliphatic hydroxyl groups is 1. The van der Waals surface area contributed by atoms with E-state index >= 15 is 0 Å². The second kappa shape index (κ2) is 6.40. The summed E-state index contributed by atoms with van der Waals surface area (Å²) in [6, 6.07) is 4.16. The van der Waals surface area contributed by atoms with Crippen LogP contribution in [0.25, 0.3) is 0 Å². The molecular weight excluding hydrogens is 238 g/mol. The number of hydrogen-bond acceptors (Lipinski definition) is 3. The molecule has 0 fully saturated rings. The first-order chi connectivity index (χ1) is 8.83. The Labute approximate surface area is 117 Å². The fourth-order valence-electron chi connectivity index (χ4n) is 2.18. The van der Waals surface area contributed by atoms with Crippen molar-refractivity contribution >= 4 is 0 Å². The molecule has 0 aliphatic heterocycles. The largest absolute Gasteiger partial charge is 0.496 e. The number of ether oxygens (including phenoxy) is 1. The van der Waals surface area contributed by atoms with E-state index in [1.54, 1.807) is 7.11 Å². The third kappa shape index (κ3) is 3.71. The van der Waals surface area contributed by atoms with E-state index in [9.17, 15) is 0 Å². The van der Waals surface area contributed by atoms with Crippen LogP contribution in [0.3, 0.4) is 0 Å². The molecule has 0 bridgehead atoms. The standard InChI is InChI=1S/C16H27NO2/c1-12-13(2)15(19-6)8-7-14(12)11-17(5)16(3,4)9-10-18/h7-8,18H,9-11H2,1-6H3. The summed E-state index contributed by atoms with van der Waals surface area (Å²) in [7, 11) is 3.81. The minimum Gasteiger partial charge on any atom is -0.496 e. The molecule has 3 nitrogen and oxygen atoms in total. The molecule has 0 saturated heterocycles. The van der Waals surface area contributed by atoms with Crippen molar-refractivity contribution in [2.45, 2.75) is 46.2 Å². The number of methoxy groups -OCH3 is 1. The maximum atomic E-state index is 9.14. The van der Waals surface area contributed by atoms with Crippen molar-refractivity contribution in [2.24, 2.45) is 0 Å². The summed E-state index contributed by atoms with van der Waals surface area (Å²) in [6.45, 7) is 9.65. The predicted octanol–water partition coefficient (Wildman–Crippen LogP) is 2.90. The Balaban J connectivity index is 2.92. The summed E-state index contributed by atoms with van der Waals surface area (Å²) >= 11 is 0. The van der Waals surface area contributed by atoms with Gasteiger partial charge in [0.05, 0.1) is 7.11 Å². The number of hydrogen-bond donors (Lipinski definition) is 1. The molecule has 0 aliphatic rings. The van der Waals surface area contributed by atoms with E-state index in [4.69, 9.17) is 9.84 Å². The highest BCUT2D eigenvalue weighted by Crippen LogP contribution is 2.26. The number of nitrogens with zero attached hydrogens (tertiary/aromatic N) is 1. The predicted molar refractivity (Wildman–Crippen MR) is 79.7 cm³/mol. The molecule has 1 rings (SSSR count). The van der Waals surface area contributed by atoms with Gasteiger partial charge in [-0.05, 0) is 63.9 Å². The first-order valence-electron chi connectivity index (χ1n) is 6.78. The van der Waals surface area contributed by atoms with E-state index in [1.165, 1.54) is 16.7 Å². The van der Waals surface area contributed by atoms with Gasteiger partial charge >= 0.3 is 0 Å². The van der Waals surface area contributed by atoms with Crippen LogP contribution < -0.4 is 4.74 Å². The summed E-state index contributed by atoms with van der Waals surface area (Å²) < 4.78 is 5.34. The van der Waals surface area contributed by atoms with Gasteiger partial charge < -0.3 is 9.84 Å². The Morgan fingerprint density at radius 3 is 2.37 bits per heavy atom. The lowest BCUT2D eigenvalue weighted by Crippen LogP contribution is -2.41. The smallest absolute Gasteiger partial charge is 0.122 e. The van der Waals surface area contributed by atoms with Crippen molar-refractivity contribution in [3.8, 4) is 5.75 Å². The van der Waals surface area contributed by atoms with E-state index in [0.29, 0.717) is 0 Å². The van der Waals surface area contributed by atoms with Crippen LogP contribution in [0.15, 0.2) is 12.1 Å². The van der Waals surface area contributed by atoms with Gasteiger partial charge in [-0.2, -0.15) is 0 Å². The van der Waals surface area contributed by atoms with E-state index < -0.39 is 0 Å². The van der Waals surface area contributed by atoms with Gasteiger partial charge in [0.2, 0.25) is 0 Å². The fourth-order valence-corrected chi connectivity index (χ4v) is 2.18. The Bertz CT molecular complexity index is 427. The summed E-state index contributed by atoms with van der Waals surface area (Å²) in [5, 5.41) is 9.14. The normalized spacial score (nSPS) is 12.0. The van der Waals surface area contributed by atoms with E-state index in [0.717, 1.165) is 18.7 Å². The van der Waals surface area contributed by atoms with Crippen molar-refractivity contribution in [3.05, 3.63) is 28.8 Å². The van der Waals surface area contributed by atoms with Gasteiger partial charge in [0, 0.05) is 18.7 Å². The quantitative estimate of drug-likeness (QED) is 0.858. The fraction of sp³-hybridized carbons (Fsp3) is 0.625. The molecule has 0 spiro atoms. The highest BCUT2D eigenvalue weighted by molar-refractivity contribution is 5.43. The van der Waals surface area contributed by atoms with Crippen LogP contribution in [0.4, 0.5) is 0 Å². The average Bonchev–Trinajstić information content (AvgIpc) is 2.35. The molecule has 1 aromatic rings. The molecule has 108 valence electrons. The van der Waals surface area contributed by atoms with Crippen LogP contribution in [-0.2, 0) is 6.54 Å². The highest BCUT2D eigenvalue weighted by atomic mass is 16.5. The first kappa shape index (κ1) is 16.0. The minimum atomic E-state index is -0.00494. The SMILES string of the molecule is COc1ccc(CN(C)C(C)(C)CCO)c(C)c1C. The molecule has 0 unspecified atom stereocenters. The molecule has 0 atom stereocenters. The van der Waals surface area contributed by atoms with Gasteiger partial charge in [0.25, 0.3) is 0 Å². The molecule has 3 heteroatoms. The zero-order chi connectivity index (χ0) is 14.6. The Kier molecular flexibility index (Phi) is 5.39. The third-order valence-electron chi connectivity index (χ3n) is 4.23. The lowest BCUT2D eigenvalue weighted by Gasteiger charge is -2.35. The lowest BCUT2D eigenvalue weighted by atomic mass is 9.96. The number of aliphatic hydroxyl groups excluding tert-OH is 1. The maximum absolute atomic E-state index is 9.14. The van der Waals surface area contributed by atoms with Gasteiger partial charge in [0.1, 0.15) is 5.75 Å². The maximum Gasteiger partial charge on any atom is 0.122 e. The molecule has 0 aliphatic carbocycles. The van der Waals surface area contributed by atoms with E-state index in [-0.39, 0.29) is 12.1 Å². The lowest BCUT2D eigenvalue weighted by molar-refractivity contribution is 0.110. The van der Waals surface area contributed by atoms with Crippen LogP contribution in [0.5, 0.6) is 5.75 Å². The zero-order valence-electron chi connectivity index (χ0n) is 13.1. The monoisotopic (exact) mass is 265 g/mol. The molecule has 0 heterocycles. The van der Waals surface area contributed by atoms with Crippen molar-refractivity contribution in [1.82, 2.24) is 4.90 Å². The Hall–Kier alpha value is -1.06. The van der Waals surface area contributed by atoms with E-state index in [2.05, 4.69) is 45.7 Å². The summed E-state index contributed by atoms with van der Waals surface area (Å²) in [5.74, 6) is 0.943. The van der Waals surface area contributed by atoms with Gasteiger partial charge in [0.15, 0.2) is 0 Å². The van der Waals surface area contributed by atoms with Crippen LogP contribution in [0, 0.1) is 13.8 Å². The van der Waals surface area contributed by atoms with Crippen LogP contribution >= 0.6 is 0 Å². The zero-order valence-corrected chi connectivity index (χ0v) is 13.1. The molecule has 0 radical (unpaired) electrons. The number of rotatable bonds is 6. The van der Waals surface area contributed by atoms with Crippen LogP contribution in [0.2, 0.25) is 0 Å². The summed E-state index contributed by atoms with van der Waals surface area (Å²) in [5.41, 5.74) is 3.79. The van der Waals surface area contributed by atoms with Crippen LogP contribution in [-0.4, -0.2) is 36.3 Å². The van der Waals surface area contributed by atoms with Crippen molar-refractivity contribution < 1.29 is 9.84 Å². The molecule has 0 amide bonds. The van der Waals surface area contributed by atoms with E-state index in [1.807, 2.05) is 6.07 Å². The molecular formula is C16H27NO2. The molecule has 1 N–H and O–H groups in total. The minimum absolute atomic E-state index is 0.00494. The molecule has 19 heavy (non-hydrogen) atoms. The third-order valence-corrected chi connectivity index (χ3v) is 4.23. The highest BCUT2D eigenvalue weighted by Gasteiger charge is 2.23. The Morgan fingerprint density at radius 1 is 1.21 bits per heavy atom. The number of benzene rings is 1. The molecule has 0 saturated carbocycles. The Morgan fingerprint density at radius 2 is 1.84 bits per heavy atom. The summed E-state index contributed by atoms with van der Waals surface area (Å²) in [4.78, 5) is 2.29. The second-order valence-corrected chi connectivity index (χ2v) is 5.82. The van der Waals surface area contributed by atoms with Gasteiger partial charge in [-0.25, -0.2) is 0 Å². The first-order valence-corrected chi connectivity index (χ1v) is 6.78. The second-order valence-electron chi connectivity index (χ2n) is 5.82. The van der Waals surface area contributed by atoms with Gasteiger partial charge in [-0.1, -0.05) is 6.07 Å². The molecule has 1 aromatic carbocycles. The van der Waals surface area contributed by atoms with Crippen LogP contribution in [0.1, 0.15) is 37.0 Å².